The molecule has 0 bridgehead atoms. The molecule has 1 N–H and O–H groups in total. The van der Waals surface area contributed by atoms with E-state index < -0.39 is 26.6 Å². The minimum Gasteiger partial charge on any atom is -0.497 e. The van der Waals surface area contributed by atoms with Gasteiger partial charge in [-0.1, -0.05) is 12.1 Å². The fraction of sp³-hybridized carbons (Fsp3) is 0.368. The number of methoxy groups -OCH3 is 1. The van der Waals surface area contributed by atoms with Crippen LogP contribution in [-0.2, 0) is 16.4 Å². The SMILES string of the molecule is COc1ccc(CC[NH+]2CCN(S(=O)(=O)c3cc(F)ccc3F)CC2)cc1. The van der Waals surface area contributed by atoms with Gasteiger partial charge >= 0.3 is 0 Å². The van der Waals surface area contributed by atoms with E-state index in [1.165, 1.54) is 14.8 Å². The van der Waals surface area contributed by atoms with Crippen molar-refractivity contribution in [3.05, 3.63) is 59.7 Å². The van der Waals surface area contributed by atoms with E-state index in [-0.39, 0.29) is 13.1 Å². The topological polar surface area (TPSA) is 51.1 Å². The van der Waals surface area contributed by atoms with Crippen molar-refractivity contribution in [1.82, 2.24) is 4.31 Å². The van der Waals surface area contributed by atoms with Gasteiger partial charge < -0.3 is 9.64 Å². The summed E-state index contributed by atoms with van der Waals surface area (Å²) in [6.45, 7) is 2.72. The molecule has 2 aromatic carbocycles. The normalized spacial score (nSPS) is 16.4. The summed E-state index contributed by atoms with van der Waals surface area (Å²) >= 11 is 0. The van der Waals surface area contributed by atoms with E-state index >= 15 is 0 Å². The first-order chi connectivity index (χ1) is 12.9. The van der Waals surface area contributed by atoms with Gasteiger partial charge in [-0.15, -0.1) is 0 Å². The Morgan fingerprint density at radius 2 is 1.74 bits per heavy atom. The molecule has 2 aromatic rings. The van der Waals surface area contributed by atoms with Gasteiger partial charge in [0.05, 0.1) is 39.8 Å². The number of piperazine rings is 1. The molecule has 1 aliphatic heterocycles. The molecule has 0 atom stereocenters. The average Bonchev–Trinajstić information content (AvgIpc) is 2.69. The maximum Gasteiger partial charge on any atom is 0.246 e. The van der Waals surface area contributed by atoms with Crippen LogP contribution in [0.3, 0.4) is 0 Å². The molecule has 0 aromatic heterocycles. The highest BCUT2D eigenvalue weighted by Crippen LogP contribution is 2.20. The maximum atomic E-state index is 13.9. The summed E-state index contributed by atoms with van der Waals surface area (Å²) in [6.07, 6.45) is 0.880. The van der Waals surface area contributed by atoms with E-state index in [0.717, 1.165) is 36.9 Å². The Morgan fingerprint density at radius 1 is 1.07 bits per heavy atom. The zero-order valence-corrected chi connectivity index (χ0v) is 15.9. The number of hydrogen-bond donors (Lipinski definition) is 1. The molecule has 1 aliphatic rings. The van der Waals surface area contributed by atoms with Crippen LogP contribution in [0.15, 0.2) is 47.4 Å². The first kappa shape index (κ1) is 19.7. The Bertz CT molecular complexity index is 880. The number of sulfonamides is 1. The third-order valence-corrected chi connectivity index (χ3v) is 6.78. The standard InChI is InChI=1S/C19H22F2N2O3S/c1-26-17-5-2-15(3-6-17)8-9-22-10-12-23(13-11-22)27(24,25)19-14-16(20)4-7-18(19)21/h2-7,14H,8-13H2,1H3/p+1. The second kappa shape index (κ2) is 8.33. The highest BCUT2D eigenvalue weighted by atomic mass is 32.2. The predicted octanol–water partition coefficient (Wildman–Crippen LogP) is 1.11. The molecule has 0 unspecified atom stereocenters. The van der Waals surface area contributed by atoms with Crippen LogP contribution in [0, 0.1) is 11.6 Å². The van der Waals surface area contributed by atoms with Gasteiger partial charge in [0, 0.05) is 6.42 Å². The van der Waals surface area contributed by atoms with Gasteiger partial charge in [-0.25, -0.2) is 17.2 Å². The van der Waals surface area contributed by atoms with Crippen LogP contribution in [0.4, 0.5) is 8.78 Å². The summed E-state index contributed by atoms with van der Waals surface area (Å²) < 4.78 is 58.8. The molecule has 5 nitrogen and oxygen atoms in total. The molecule has 1 heterocycles. The molecular weight excluding hydrogens is 374 g/mol. The Hall–Kier alpha value is -2.03. The fourth-order valence-corrected chi connectivity index (χ4v) is 4.74. The molecule has 0 amide bonds. The fourth-order valence-electron chi connectivity index (χ4n) is 3.22. The highest BCUT2D eigenvalue weighted by molar-refractivity contribution is 7.89. The Kier molecular flexibility index (Phi) is 6.08. The number of rotatable bonds is 6. The summed E-state index contributed by atoms with van der Waals surface area (Å²) in [6, 6.07) is 10.4. The second-order valence-electron chi connectivity index (χ2n) is 6.58. The Balaban J connectivity index is 1.57. The first-order valence-electron chi connectivity index (χ1n) is 8.82. The van der Waals surface area contributed by atoms with Crippen molar-refractivity contribution < 1.29 is 26.8 Å². The van der Waals surface area contributed by atoms with E-state index in [1.807, 2.05) is 24.3 Å². The largest absolute Gasteiger partial charge is 0.497 e. The van der Waals surface area contributed by atoms with Crippen LogP contribution in [0.5, 0.6) is 5.75 Å². The van der Waals surface area contributed by atoms with Crippen molar-refractivity contribution in [3.63, 3.8) is 0 Å². The zero-order valence-electron chi connectivity index (χ0n) is 15.1. The third-order valence-electron chi connectivity index (χ3n) is 4.87. The monoisotopic (exact) mass is 397 g/mol. The van der Waals surface area contributed by atoms with Gasteiger partial charge in [0.25, 0.3) is 0 Å². The van der Waals surface area contributed by atoms with Crippen LogP contribution in [0.1, 0.15) is 5.56 Å². The lowest BCUT2D eigenvalue weighted by molar-refractivity contribution is -0.903. The lowest BCUT2D eigenvalue weighted by Crippen LogP contribution is -3.15. The van der Waals surface area contributed by atoms with Gasteiger partial charge in [-0.2, -0.15) is 4.31 Å². The molecular formula is C19H23F2N2O3S+. The van der Waals surface area contributed by atoms with Crippen LogP contribution < -0.4 is 9.64 Å². The van der Waals surface area contributed by atoms with Crippen molar-refractivity contribution >= 4 is 10.0 Å². The lowest BCUT2D eigenvalue weighted by Gasteiger charge is -2.31. The number of benzene rings is 2. The number of nitrogens with one attached hydrogen (secondary N) is 1. The van der Waals surface area contributed by atoms with E-state index in [2.05, 4.69) is 0 Å². The van der Waals surface area contributed by atoms with Gasteiger partial charge in [0.1, 0.15) is 22.3 Å². The smallest absolute Gasteiger partial charge is 0.246 e. The van der Waals surface area contributed by atoms with Gasteiger partial charge in [0.15, 0.2) is 0 Å². The average molecular weight is 397 g/mol. The molecule has 0 spiro atoms. The molecule has 27 heavy (non-hydrogen) atoms. The molecule has 0 aliphatic carbocycles. The van der Waals surface area contributed by atoms with Crippen molar-refractivity contribution in [2.75, 3.05) is 39.8 Å². The number of halogens is 2. The van der Waals surface area contributed by atoms with Crippen molar-refractivity contribution in [2.24, 2.45) is 0 Å². The van der Waals surface area contributed by atoms with Crippen molar-refractivity contribution in [2.45, 2.75) is 11.3 Å². The highest BCUT2D eigenvalue weighted by Gasteiger charge is 2.32. The summed E-state index contributed by atoms with van der Waals surface area (Å²) in [4.78, 5) is 0.696. The van der Waals surface area contributed by atoms with E-state index in [0.29, 0.717) is 13.1 Å². The minimum absolute atomic E-state index is 0.288. The summed E-state index contributed by atoms with van der Waals surface area (Å²) in [5, 5.41) is 0. The van der Waals surface area contributed by atoms with Crippen LogP contribution >= 0.6 is 0 Å². The van der Waals surface area contributed by atoms with Crippen molar-refractivity contribution in [1.29, 1.82) is 0 Å². The first-order valence-corrected chi connectivity index (χ1v) is 10.3. The number of ether oxygens (including phenoxy) is 1. The van der Waals surface area contributed by atoms with Gasteiger partial charge in [-0.05, 0) is 35.9 Å². The molecule has 1 saturated heterocycles. The van der Waals surface area contributed by atoms with Crippen LogP contribution in [0.2, 0.25) is 0 Å². The summed E-state index contributed by atoms with van der Waals surface area (Å²) in [7, 11) is -2.39. The number of hydrogen-bond acceptors (Lipinski definition) is 3. The minimum atomic E-state index is -4.02. The van der Waals surface area contributed by atoms with Gasteiger partial charge in [-0.3, -0.25) is 0 Å². The lowest BCUT2D eigenvalue weighted by atomic mass is 10.1. The number of quaternary nitrogens is 1. The van der Waals surface area contributed by atoms with Crippen LogP contribution in [-0.4, -0.2) is 52.6 Å². The van der Waals surface area contributed by atoms with E-state index in [1.54, 1.807) is 7.11 Å². The third kappa shape index (κ3) is 4.63. The van der Waals surface area contributed by atoms with E-state index in [9.17, 15) is 17.2 Å². The molecule has 0 saturated carbocycles. The van der Waals surface area contributed by atoms with Crippen LogP contribution in [0.25, 0.3) is 0 Å². The zero-order chi connectivity index (χ0) is 19.4. The Labute approximate surface area is 158 Å². The van der Waals surface area contributed by atoms with Crippen molar-refractivity contribution in [3.8, 4) is 5.75 Å². The molecule has 0 radical (unpaired) electrons. The summed E-state index contributed by atoms with van der Waals surface area (Å²) in [5.74, 6) is -0.876. The quantitative estimate of drug-likeness (QED) is 0.795. The van der Waals surface area contributed by atoms with Gasteiger partial charge in [0.2, 0.25) is 10.0 Å². The Morgan fingerprint density at radius 3 is 2.37 bits per heavy atom. The molecule has 3 rings (SSSR count). The second-order valence-corrected chi connectivity index (χ2v) is 8.48. The molecule has 146 valence electrons. The maximum absolute atomic E-state index is 13.9. The number of nitrogens with zero attached hydrogens (tertiary/aromatic N) is 1. The van der Waals surface area contributed by atoms with E-state index in [4.69, 9.17) is 4.74 Å². The predicted molar refractivity (Wildman–Crippen MR) is 97.4 cm³/mol. The summed E-state index contributed by atoms with van der Waals surface area (Å²) in [5.41, 5.74) is 1.19. The molecule has 8 heteroatoms. The molecule has 1 fully saturated rings.